The zero-order valence-corrected chi connectivity index (χ0v) is 16.4. The molecule has 1 aromatic carbocycles. The Labute approximate surface area is 152 Å². The minimum atomic E-state index is 0. The number of methoxy groups -OCH3 is 1. The number of guanidine groups is 1. The van der Waals surface area contributed by atoms with Gasteiger partial charge in [-0.05, 0) is 24.5 Å². The van der Waals surface area contributed by atoms with Crippen molar-refractivity contribution in [2.24, 2.45) is 4.99 Å². The van der Waals surface area contributed by atoms with Crippen molar-refractivity contribution in [1.82, 2.24) is 10.6 Å². The molecule has 0 atom stereocenters. The number of benzene rings is 1. The Morgan fingerprint density at radius 3 is 2.62 bits per heavy atom. The van der Waals surface area contributed by atoms with E-state index in [0.717, 1.165) is 19.0 Å². The number of rotatable bonds is 6. The summed E-state index contributed by atoms with van der Waals surface area (Å²) in [6, 6.07) is 8.48. The second kappa shape index (κ2) is 8.95. The molecule has 0 bridgehead atoms. The van der Waals surface area contributed by atoms with Crippen LogP contribution in [-0.4, -0.2) is 39.8 Å². The second-order valence-electron chi connectivity index (χ2n) is 5.11. The molecule has 0 spiro atoms. The molecule has 1 saturated carbocycles. The van der Waals surface area contributed by atoms with Crippen LogP contribution >= 0.6 is 39.9 Å². The third-order valence-electron chi connectivity index (χ3n) is 3.72. The van der Waals surface area contributed by atoms with Crippen LogP contribution in [-0.2, 0) is 10.2 Å². The van der Waals surface area contributed by atoms with E-state index in [0.29, 0.717) is 6.61 Å². The van der Waals surface area contributed by atoms with Gasteiger partial charge < -0.3 is 15.4 Å². The van der Waals surface area contributed by atoms with Gasteiger partial charge in [0.25, 0.3) is 0 Å². The molecule has 0 saturated heterocycles. The highest BCUT2D eigenvalue weighted by molar-refractivity contribution is 14.0. The molecule has 1 aliphatic carbocycles. The molecule has 1 fully saturated rings. The normalized spacial score (nSPS) is 16.0. The molecule has 0 unspecified atom stereocenters. The Morgan fingerprint density at radius 2 is 2.05 bits per heavy atom. The Morgan fingerprint density at radius 1 is 1.33 bits per heavy atom. The molecular formula is C15H23BrIN3O. The van der Waals surface area contributed by atoms with Gasteiger partial charge in [-0.1, -0.05) is 34.1 Å². The Balaban J connectivity index is 0.00000220. The Hall–Kier alpha value is -0.340. The van der Waals surface area contributed by atoms with Crippen LogP contribution in [0.1, 0.15) is 18.4 Å². The predicted octanol–water partition coefficient (Wildman–Crippen LogP) is 2.91. The average molecular weight is 468 g/mol. The third kappa shape index (κ3) is 5.10. The van der Waals surface area contributed by atoms with E-state index >= 15 is 0 Å². The van der Waals surface area contributed by atoms with Crippen molar-refractivity contribution in [3.63, 3.8) is 0 Å². The van der Waals surface area contributed by atoms with E-state index in [2.05, 4.69) is 55.8 Å². The van der Waals surface area contributed by atoms with E-state index in [1.54, 1.807) is 14.2 Å². The van der Waals surface area contributed by atoms with Gasteiger partial charge in [0.1, 0.15) is 0 Å². The van der Waals surface area contributed by atoms with Crippen molar-refractivity contribution >= 4 is 45.9 Å². The van der Waals surface area contributed by atoms with Crippen LogP contribution < -0.4 is 10.6 Å². The summed E-state index contributed by atoms with van der Waals surface area (Å²) < 4.78 is 6.22. The van der Waals surface area contributed by atoms with Gasteiger partial charge >= 0.3 is 0 Å². The zero-order valence-electron chi connectivity index (χ0n) is 12.5. The van der Waals surface area contributed by atoms with Crippen molar-refractivity contribution < 1.29 is 4.74 Å². The lowest BCUT2D eigenvalue weighted by atomic mass is 9.96. The van der Waals surface area contributed by atoms with Gasteiger partial charge in [0.2, 0.25) is 0 Å². The molecule has 0 heterocycles. The first-order chi connectivity index (χ1) is 9.72. The van der Waals surface area contributed by atoms with Crippen molar-refractivity contribution in [2.45, 2.75) is 18.3 Å². The van der Waals surface area contributed by atoms with Crippen molar-refractivity contribution in [3.8, 4) is 0 Å². The summed E-state index contributed by atoms with van der Waals surface area (Å²) in [6.07, 6.45) is 2.44. The quantitative estimate of drug-likeness (QED) is 0.292. The summed E-state index contributed by atoms with van der Waals surface area (Å²) in [5.74, 6) is 0.834. The highest BCUT2D eigenvalue weighted by Crippen LogP contribution is 2.49. The highest BCUT2D eigenvalue weighted by Gasteiger charge is 2.45. The van der Waals surface area contributed by atoms with Crippen molar-refractivity contribution in [3.05, 3.63) is 34.3 Å². The summed E-state index contributed by atoms with van der Waals surface area (Å²) >= 11 is 3.66. The van der Waals surface area contributed by atoms with Crippen LogP contribution in [0, 0.1) is 0 Å². The predicted molar refractivity (Wildman–Crippen MR) is 102 cm³/mol. The van der Waals surface area contributed by atoms with E-state index in [9.17, 15) is 0 Å². The van der Waals surface area contributed by atoms with E-state index in [4.69, 9.17) is 4.74 Å². The smallest absolute Gasteiger partial charge is 0.191 e. The maximum Gasteiger partial charge on any atom is 0.191 e. The standard InChI is InChI=1S/C15H22BrN3O.HI/c1-17-14(18-9-10-20-2)19-11-15(7-8-15)12-5-3-4-6-13(12)16;/h3-6H,7-11H2,1-2H3,(H2,17,18,19);1H. The van der Waals surface area contributed by atoms with Gasteiger partial charge in [-0.25, -0.2) is 0 Å². The maximum atomic E-state index is 5.03. The van der Waals surface area contributed by atoms with E-state index < -0.39 is 0 Å². The Bertz CT molecular complexity index is 478. The number of nitrogens with zero attached hydrogens (tertiary/aromatic N) is 1. The molecule has 0 radical (unpaired) electrons. The van der Waals surface area contributed by atoms with Crippen LogP contribution in [0.4, 0.5) is 0 Å². The topological polar surface area (TPSA) is 45.7 Å². The van der Waals surface area contributed by atoms with E-state index in [1.807, 2.05) is 0 Å². The first-order valence-electron chi connectivity index (χ1n) is 6.90. The lowest BCUT2D eigenvalue weighted by Gasteiger charge is -2.20. The maximum absolute atomic E-state index is 5.03. The van der Waals surface area contributed by atoms with Crippen LogP contribution in [0.5, 0.6) is 0 Å². The fourth-order valence-electron chi connectivity index (χ4n) is 2.33. The van der Waals surface area contributed by atoms with Gasteiger partial charge in [0.15, 0.2) is 5.96 Å². The summed E-state index contributed by atoms with van der Waals surface area (Å²) in [5.41, 5.74) is 1.64. The molecule has 6 heteroatoms. The number of aliphatic imine (C=N–C) groups is 1. The fourth-order valence-corrected chi connectivity index (χ4v) is 3.03. The zero-order chi connectivity index (χ0) is 14.4. The van der Waals surface area contributed by atoms with Crippen molar-refractivity contribution in [2.75, 3.05) is 33.9 Å². The monoisotopic (exact) mass is 467 g/mol. The van der Waals surface area contributed by atoms with Gasteiger partial charge in [-0.2, -0.15) is 0 Å². The SMILES string of the molecule is CN=C(NCCOC)NCC1(c2ccccc2Br)CC1.I. The summed E-state index contributed by atoms with van der Waals surface area (Å²) in [7, 11) is 3.49. The van der Waals surface area contributed by atoms with Crippen LogP contribution in [0.25, 0.3) is 0 Å². The molecular weight excluding hydrogens is 445 g/mol. The third-order valence-corrected chi connectivity index (χ3v) is 4.41. The number of hydrogen-bond acceptors (Lipinski definition) is 2. The molecule has 1 aromatic rings. The number of hydrogen-bond donors (Lipinski definition) is 2. The molecule has 2 N–H and O–H groups in total. The highest BCUT2D eigenvalue weighted by atomic mass is 127. The molecule has 0 aliphatic heterocycles. The van der Waals surface area contributed by atoms with Gasteiger partial charge in [0.05, 0.1) is 6.61 Å². The van der Waals surface area contributed by atoms with Gasteiger partial charge in [-0.15, -0.1) is 24.0 Å². The number of ether oxygens (including phenoxy) is 1. The number of halogens is 2. The second-order valence-corrected chi connectivity index (χ2v) is 5.96. The van der Waals surface area contributed by atoms with Crippen LogP contribution in [0.15, 0.2) is 33.7 Å². The average Bonchev–Trinajstić information content (AvgIpc) is 3.24. The molecule has 0 aromatic heterocycles. The number of nitrogens with one attached hydrogen (secondary N) is 2. The molecule has 1 aliphatic rings. The first kappa shape index (κ1) is 18.7. The van der Waals surface area contributed by atoms with Gasteiger partial charge in [-0.3, -0.25) is 4.99 Å². The molecule has 118 valence electrons. The summed E-state index contributed by atoms with van der Waals surface area (Å²) in [4.78, 5) is 4.23. The lowest BCUT2D eigenvalue weighted by molar-refractivity contribution is 0.203. The summed E-state index contributed by atoms with van der Waals surface area (Å²) in [5, 5.41) is 6.66. The van der Waals surface area contributed by atoms with Crippen LogP contribution in [0.2, 0.25) is 0 Å². The largest absolute Gasteiger partial charge is 0.383 e. The van der Waals surface area contributed by atoms with E-state index in [1.165, 1.54) is 22.9 Å². The summed E-state index contributed by atoms with van der Waals surface area (Å²) in [6.45, 7) is 2.34. The minimum absolute atomic E-state index is 0. The van der Waals surface area contributed by atoms with Gasteiger partial charge in [0, 0.05) is 37.1 Å². The van der Waals surface area contributed by atoms with Crippen LogP contribution in [0.3, 0.4) is 0 Å². The molecule has 2 rings (SSSR count). The lowest BCUT2D eigenvalue weighted by Crippen LogP contribution is -2.42. The minimum Gasteiger partial charge on any atom is -0.383 e. The first-order valence-corrected chi connectivity index (χ1v) is 7.69. The fraction of sp³-hybridized carbons (Fsp3) is 0.533. The molecule has 4 nitrogen and oxygen atoms in total. The molecule has 0 amide bonds. The molecule has 21 heavy (non-hydrogen) atoms. The Kier molecular flexibility index (Phi) is 7.97. The van der Waals surface area contributed by atoms with Crippen molar-refractivity contribution in [1.29, 1.82) is 0 Å². The van der Waals surface area contributed by atoms with E-state index in [-0.39, 0.29) is 29.4 Å².